The number of benzene rings is 4. The van der Waals surface area contributed by atoms with Crippen LogP contribution in [0.1, 0.15) is 0 Å². The van der Waals surface area contributed by atoms with Gasteiger partial charge in [0.15, 0.2) is 0 Å². The summed E-state index contributed by atoms with van der Waals surface area (Å²) < 4.78 is 12.5. The highest BCUT2D eigenvalue weighted by atomic mass is 35.5. The zero-order chi connectivity index (χ0) is 18.0. The topological polar surface area (TPSA) is 26.3 Å². The summed E-state index contributed by atoms with van der Waals surface area (Å²) in [7, 11) is 0. The van der Waals surface area contributed by atoms with Gasteiger partial charge in [0.2, 0.25) is 0 Å². The Labute approximate surface area is 159 Å². The normalized spacial score (nSPS) is 11.9. The lowest BCUT2D eigenvalue weighted by molar-refractivity contribution is 0.664. The van der Waals surface area contributed by atoms with Gasteiger partial charge in [-0.3, -0.25) is 0 Å². The first-order chi connectivity index (χ1) is 13.3. The highest BCUT2D eigenvalue weighted by molar-refractivity contribution is 6.38. The SMILES string of the molecule is Clc1cccc2oc3c(-c4ccccc4)c4c(cc3c12)oc1ccccc14. The van der Waals surface area contributed by atoms with Crippen molar-refractivity contribution in [1.29, 1.82) is 0 Å². The molecule has 27 heavy (non-hydrogen) atoms. The summed E-state index contributed by atoms with van der Waals surface area (Å²) in [6.45, 7) is 0. The monoisotopic (exact) mass is 368 g/mol. The fourth-order valence-corrected chi connectivity index (χ4v) is 4.27. The van der Waals surface area contributed by atoms with Crippen molar-refractivity contribution in [1.82, 2.24) is 0 Å². The van der Waals surface area contributed by atoms with E-state index in [0.717, 1.165) is 55.0 Å². The quantitative estimate of drug-likeness (QED) is 0.296. The van der Waals surface area contributed by atoms with E-state index < -0.39 is 0 Å². The van der Waals surface area contributed by atoms with E-state index in [2.05, 4.69) is 24.3 Å². The number of halogens is 1. The molecule has 4 aromatic carbocycles. The van der Waals surface area contributed by atoms with Crippen molar-refractivity contribution < 1.29 is 8.83 Å². The van der Waals surface area contributed by atoms with E-state index in [4.69, 9.17) is 20.4 Å². The first-order valence-electron chi connectivity index (χ1n) is 8.81. The molecular weight excluding hydrogens is 356 g/mol. The van der Waals surface area contributed by atoms with Crippen LogP contribution in [0.5, 0.6) is 0 Å². The van der Waals surface area contributed by atoms with Crippen LogP contribution in [0.4, 0.5) is 0 Å². The zero-order valence-corrected chi connectivity index (χ0v) is 15.0. The number of fused-ring (bicyclic) bond motifs is 6. The van der Waals surface area contributed by atoms with Crippen molar-refractivity contribution in [2.75, 3.05) is 0 Å². The lowest BCUT2D eigenvalue weighted by Gasteiger charge is -2.05. The number of furan rings is 2. The fourth-order valence-electron chi connectivity index (χ4n) is 4.00. The number of hydrogen-bond donors (Lipinski definition) is 0. The summed E-state index contributed by atoms with van der Waals surface area (Å²) in [6.07, 6.45) is 0. The first-order valence-corrected chi connectivity index (χ1v) is 9.19. The third kappa shape index (κ3) is 2.02. The molecule has 0 fully saturated rings. The van der Waals surface area contributed by atoms with Crippen LogP contribution in [-0.2, 0) is 0 Å². The molecule has 0 aliphatic rings. The van der Waals surface area contributed by atoms with E-state index in [0.29, 0.717) is 5.02 Å². The molecule has 0 aliphatic carbocycles. The Morgan fingerprint density at radius 2 is 1.37 bits per heavy atom. The highest BCUT2D eigenvalue weighted by Gasteiger charge is 2.21. The summed E-state index contributed by atoms with van der Waals surface area (Å²) in [6, 6.07) is 26.2. The van der Waals surface area contributed by atoms with Gasteiger partial charge in [0.25, 0.3) is 0 Å². The van der Waals surface area contributed by atoms with Crippen LogP contribution in [0.2, 0.25) is 5.02 Å². The van der Waals surface area contributed by atoms with Gasteiger partial charge in [0.1, 0.15) is 22.3 Å². The Morgan fingerprint density at radius 1 is 0.593 bits per heavy atom. The van der Waals surface area contributed by atoms with Gasteiger partial charge < -0.3 is 8.83 Å². The summed E-state index contributed by atoms with van der Waals surface area (Å²) in [4.78, 5) is 0. The Hall–Kier alpha value is -3.23. The van der Waals surface area contributed by atoms with Crippen LogP contribution in [-0.4, -0.2) is 0 Å². The lowest BCUT2D eigenvalue weighted by atomic mass is 9.96. The van der Waals surface area contributed by atoms with Gasteiger partial charge in [-0.25, -0.2) is 0 Å². The van der Waals surface area contributed by atoms with Crippen LogP contribution in [0.25, 0.3) is 55.0 Å². The van der Waals surface area contributed by atoms with Crippen molar-refractivity contribution in [3.63, 3.8) is 0 Å². The molecule has 2 nitrogen and oxygen atoms in total. The molecule has 0 amide bonds. The average Bonchev–Trinajstić information content (AvgIpc) is 3.25. The lowest BCUT2D eigenvalue weighted by Crippen LogP contribution is -1.81. The number of para-hydroxylation sites is 1. The predicted octanol–water partition coefficient (Wildman–Crippen LogP) is 7.81. The van der Waals surface area contributed by atoms with Crippen molar-refractivity contribution in [3.05, 3.63) is 83.9 Å². The second-order valence-corrected chi connectivity index (χ2v) is 7.09. The molecular formula is C24H13ClO2. The van der Waals surface area contributed by atoms with Crippen LogP contribution in [0.15, 0.2) is 87.7 Å². The van der Waals surface area contributed by atoms with Crippen molar-refractivity contribution in [2.45, 2.75) is 0 Å². The maximum Gasteiger partial charge on any atom is 0.144 e. The maximum atomic E-state index is 6.52. The largest absolute Gasteiger partial charge is 0.456 e. The third-order valence-electron chi connectivity index (χ3n) is 5.14. The summed E-state index contributed by atoms with van der Waals surface area (Å²) in [5.41, 5.74) is 5.46. The highest BCUT2D eigenvalue weighted by Crippen LogP contribution is 2.45. The average molecular weight is 369 g/mol. The molecule has 2 aromatic heterocycles. The van der Waals surface area contributed by atoms with Crippen LogP contribution < -0.4 is 0 Å². The van der Waals surface area contributed by atoms with Gasteiger partial charge in [-0.2, -0.15) is 0 Å². The van der Waals surface area contributed by atoms with Gasteiger partial charge in [-0.1, -0.05) is 66.2 Å². The van der Waals surface area contributed by atoms with E-state index >= 15 is 0 Å². The van der Waals surface area contributed by atoms with Crippen molar-refractivity contribution in [3.8, 4) is 11.1 Å². The molecule has 0 radical (unpaired) electrons. The predicted molar refractivity (Wildman–Crippen MR) is 111 cm³/mol. The smallest absolute Gasteiger partial charge is 0.144 e. The van der Waals surface area contributed by atoms with E-state index in [9.17, 15) is 0 Å². The summed E-state index contributed by atoms with van der Waals surface area (Å²) >= 11 is 6.52. The van der Waals surface area contributed by atoms with E-state index in [-0.39, 0.29) is 0 Å². The molecule has 0 aliphatic heterocycles. The molecule has 0 saturated heterocycles. The van der Waals surface area contributed by atoms with Crippen LogP contribution >= 0.6 is 11.6 Å². The molecule has 0 N–H and O–H groups in total. The second-order valence-electron chi connectivity index (χ2n) is 6.68. The Morgan fingerprint density at radius 3 is 2.26 bits per heavy atom. The van der Waals surface area contributed by atoms with E-state index in [1.165, 1.54) is 0 Å². The minimum atomic E-state index is 0.681. The summed E-state index contributed by atoms with van der Waals surface area (Å²) in [5.74, 6) is 0. The number of hydrogen-bond acceptors (Lipinski definition) is 2. The van der Waals surface area contributed by atoms with Gasteiger partial charge in [0, 0.05) is 27.1 Å². The van der Waals surface area contributed by atoms with E-state index in [1.54, 1.807) is 0 Å². The zero-order valence-electron chi connectivity index (χ0n) is 14.2. The Kier molecular flexibility index (Phi) is 2.97. The second kappa shape index (κ2) is 5.38. The molecule has 0 bridgehead atoms. The molecule has 0 atom stereocenters. The molecule has 2 heterocycles. The third-order valence-corrected chi connectivity index (χ3v) is 5.45. The van der Waals surface area contributed by atoms with Crippen LogP contribution in [0.3, 0.4) is 0 Å². The molecule has 128 valence electrons. The molecule has 0 unspecified atom stereocenters. The fraction of sp³-hybridized carbons (Fsp3) is 0. The maximum absolute atomic E-state index is 6.52. The van der Waals surface area contributed by atoms with Gasteiger partial charge in [0.05, 0.1) is 5.02 Å². The molecule has 6 rings (SSSR count). The standard InChI is InChI=1S/C24H13ClO2/c25-17-10-6-12-19-22(17)16-13-20-23(15-9-4-5-11-18(15)26-20)21(24(16)27-19)14-7-2-1-3-8-14/h1-13H. The first kappa shape index (κ1) is 14.9. The minimum absolute atomic E-state index is 0.681. The molecule has 0 saturated carbocycles. The Balaban J connectivity index is 1.94. The number of rotatable bonds is 1. The minimum Gasteiger partial charge on any atom is -0.456 e. The van der Waals surface area contributed by atoms with Gasteiger partial charge >= 0.3 is 0 Å². The van der Waals surface area contributed by atoms with Crippen molar-refractivity contribution >= 4 is 55.5 Å². The summed E-state index contributed by atoms with van der Waals surface area (Å²) in [5, 5.41) is 4.73. The molecule has 3 heteroatoms. The van der Waals surface area contributed by atoms with Gasteiger partial charge in [-0.15, -0.1) is 0 Å². The van der Waals surface area contributed by atoms with Gasteiger partial charge in [-0.05, 0) is 29.8 Å². The van der Waals surface area contributed by atoms with Crippen molar-refractivity contribution in [2.24, 2.45) is 0 Å². The Bertz CT molecular complexity index is 1470. The molecule has 6 aromatic rings. The molecule has 0 spiro atoms. The van der Waals surface area contributed by atoms with E-state index in [1.807, 2.05) is 54.6 Å². The van der Waals surface area contributed by atoms with Crippen LogP contribution in [0, 0.1) is 0 Å².